The maximum Gasteiger partial charge on any atom is 0.338 e. The second-order valence-corrected chi connectivity index (χ2v) is 6.10. The number of nitrogens with one attached hydrogen (secondary N) is 2. The summed E-state index contributed by atoms with van der Waals surface area (Å²) >= 11 is 0. The molecule has 0 bridgehead atoms. The lowest BCUT2D eigenvalue weighted by Gasteiger charge is -2.13. The molecule has 3 aromatic rings. The molecular formula is C21H21N5O4. The van der Waals surface area contributed by atoms with Crippen molar-refractivity contribution in [2.75, 3.05) is 30.1 Å². The molecule has 30 heavy (non-hydrogen) atoms. The normalized spacial score (nSPS) is 10.2. The minimum atomic E-state index is -0.413. The number of nitrogen functional groups attached to an aromatic ring is 1. The summed E-state index contributed by atoms with van der Waals surface area (Å²) in [5.41, 5.74) is 8.79. The molecule has 0 radical (unpaired) electrons. The fourth-order valence-corrected chi connectivity index (χ4v) is 2.58. The SMILES string of the molecule is CCOC(=O)c1ccc(Nc2ncnc(Nc3ccc(C(=O)OC)cc3)c2N)cc1. The van der Waals surface area contributed by atoms with Crippen molar-refractivity contribution in [3.8, 4) is 0 Å². The van der Waals surface area contributed by atoms with Crippen LogP contribution in [0.25, 0.3) is 0 Å². The molecular weight excluding hydrogens is 386 g/mol. The van der Waals surface area contributed by atoms with Crippen LogP contribution in [0, 0.1) is 0 Å². The lowest BCUT2D eigenvalue weighted by atomic mass is 10.2. The van der Waals surface area contributed by atoms with Gasteiger partial charge in [0.2, 0.25) is 0 Å². The van der Waals surface area contributed by atoms with E-state index in [1.165, 1.54) is 13.4 Å². The number of carbonyl (C=O) groups excluding carboxylic acids is 2. The Morgan fingerprint density at radius 3 is 1.77 bits per heavy atom. The van der Waals surface area contributed by atoms with Crippen molar-refractivity contribution in [1.82, 2.24) is 9.97 Å². The number of carbonyl (C=O) groups is 2. The highest BCUT2D eigenvalue weighted by Gasteiger charge is 2.11. The standard InChI is InChI=1S/C21H21N5O4/c1-3-30-21(28)14-6-10-16(11-7-14)26-19-17(22)18(23-12-24-19)25-15-8-4-13(5-9-15)20(27)29-2/h4-12H,3,22H2,1-2H3,(H2,23,24,25,26). The molecule has 0 aliphatic heterocycles. The minimum absolute atomic E-state index is 0.309. The van der Waals surface area contributed by atoms with E-state index in [0.717, 1.165) is 0 Å². The monoisotopic (exact) mass is 407 g/mol. The molecule has 0 aliphatic carbocycles. The van der Waals surface area contributed by atoms with Gasteiger partial charge in [-0.05, 0) is 55.5 Å². The van der Waals surface area contributed by atoms with E-state index in [0.29, 0.717) is 46.4 Å². The summed E-state index contributed by atoms with van der Waals surface area (Å²) in [5, 5.41) is 6.19. The first-order chi connectivity index (χ1) is 14.5. The van der Waals surface area contributed by atoms with Crippen molar-refractivity contribution in [1.29, 1.82) is 0 Å². The first-order valence-corrected chi connectivity index (χ1v) is 9.12. The molecule has 2 aromatic carbocycles. The Morgan fingerprint density at radius 2 is 1.33 bits per heavy atom. The Kier molecular flexibility index (Phi) is 6.43. The van der Waals surface area contributed by atoms with E-state index in [1.807, 2.05) is 0 Å². The Labute approximate surface area is 173 Å². The number of hydrogen-bond donors (Lipinski definition) is 3. The smallest absolute Gasteiger partial charge is 0.338 e. The van der Waals surface area contributed by atoms with Crippen LogP contribution in [0.2, 0.25) is 0 Å². The average Bonchev–Trinajstić information content (AvgIpc) is 2.77. The summed E-state index contributed by atoms with van der Waals surface area (Å²) in [7, 11) is 1.33. The van der Waals surface area contributed by atoms with Gasteiger partial charge < -0.3 is 25.8 Å². The molecule has 0 fully saturated rings. The largest absolute Gasteiger partial charge is 0.465 e. The van der Waals surface area contributed by atoms with Crippen molar-refractivity contribution in [2.24, 2.45) is 0 Å². The number of hydrogen-bond acceptors (Lipinski definition) is 9. The van der Waals surface area contributed by atoms with Crippen LogP contribution in [-0.2, 0) is 9.47 Å². The quantitative estimate of drug-likeness (QED) is 0.504. The number of benzene rings is 2. The van der Waals surface area contributed by atoms with E-state index >= 15 is 0 Å². The summed E-state index contributed by atoms with van der Waals surface area (Å²) in [4.78, 5) is 31.6. The van der Waals surface area contributed by atoms with Gasteiger partial charge in [0.1, 0.15) is 12.0 Å². The van der Waals surface area contributed by atoms with Gasteiger partial charge in [0.25, 0.3) is 0 Å². The number of methoxy groups -OCH3 is 1. The second-order valence-electron chi connectivity index (χ2n) is 6.10. The molecule has 0 atom stereocenters. The lowest BCUT2D eigenvalue weighted by Crippen LogP contribution is -2.06. The molecule has 3 rings (SSSR count). The maximum absolute atomic E-state index is 11.7. The van der Waals surface area contributed by atoms with E-state index in [2.05, 4.69) is 25.3 Å². The third-order valence-electron chi connectivity index (χ3n) is 4.11. The zero-order valence-corrected chi connectivity index (χ0v) is 16.5. The van der Waals surface area contributed by atoms with E-state index in [9.17, 15) is 9.59 Å². The Hall–Kier alpha value is -4.14. The van der Waals surface area contributed by atoms with Gasteiger partial charge >= 0.3 is 11.9 Å². The van der Waals surface area contributed by atoms with Crippen LogP contribution in [-0.4, -0.2) is 35.6 Å². The van der Waals surface area contributed by atoms with Gasteiger partial charge in [0, 0.05) is 11.4 Å². The van der Waals surface area contributed by atoms with Crippen LogP contribution in [0.15, 0.2) is 54.9 Å². The molecule has 0 unspecified atom stereocenters. The molecule has 154 valence electrons. The van der Waals surface area contributed by atoms with Gasteiger partial charge in [-0.25, -0.2) is 19.6 Å². The predicted octanol–water partition coefficient (Wildman–Crippen LogP) is 3.51. The van der Waals surface area contributed by atoms with Gasteiger partial charge in [-0.1, -0.05) is 0 Å². The van der Waals surface area contributed by atoms with E-state index in [4.69, 9.17) is 10.5 Å². The number of anilines is 5. The molecule has 0 spiro atoms. The van der Waals surface area contributed by atoms with Crippen LogP contribution in [0.1, 0.15) is 27.6 Å². The first-order valence-electron chi connectivity index (χ1n) is 9.12. The summed E-state index contributed by atoms with van der Waals surface area (Å²) in [6.45, 7) is 2.07. The molecule has 0 aliphatic rings. The minimum Gasteiger partial charge on any atom is -0.465 e. The van der Waals surface area contributed by atoms with Gasteiger partial charge in [-0.15, -0.1) is 0 Å². The van der Waals surface area contributed by atoms with E-state index in [-0.39, 0.29) is 5.97 Å². The molecule has 0 saturated carbocycles. The van der Waals surface area contributed by atoms with Gasteiger partial charge in [-0.2, -0.15) is 0 Å². The molecule has 0 amide bonds. The average molecular weight is 407 g/mol. The summed E-state index contributed by atoms with van der Waals surface area (Å²) in [6, 6.07) is 13.5. The Bertz CT molecular complexity index is 1040. The van der Waals surface area contributed by atoms with Crippen molar-refractivity contribution in [2.45, 2.75) is 6.92 Å². The van der Waals surface area contributed by atoms with Gasteiger partial charge in [0.15, 0.2) is 11.6 Å². The van der Waals surface area contributed by atoms with Crippen molar-refractivity contribution in [3.05, 3.63) is 66.0 Å². The summed E-state index contributed by atoms with van der Waals surface area (Å²) in [5.74, 6) is 0.0166. The van der Waals surface area contributed by atoms with Crippen LogP contribution in [0.3, 0.4) is 0 Å². The maximum atomic E-state index is 11.7. The number of ether oxygens (including phenoxy) is 2. The highest BCUT2D eigenvalue weighted by atomic mass is 16.5. The van der Waals surface area contributed by atoms with E-state index < -0.39 is 5.97 Å². The lowest BCUT2D eigenvalue weighted by molar-refractivity contribution is 0.0525. The number of nitrogens with zero attached hydrogens (tertiary/aromatic N) is 2. The number of rotatable bonds is 7. The van der Waals surface area contributed by atoms with Crippen molar-refractivity contribution < 1.29 is 19.1 Å². The molecule has 9 heteroatoms. The highest BCUT2D eigenvalue weighted by molar-refractivity contribution is 5.91. The fourth-order valence-electron chi connectivity index (χ4n) is 2.58. The molecule has 4 N–H and O–H groups in total. The molecule has 0 saturated heterocycles. The fraction of sp³-hybridized carbons (Fsp3) is 0.143. The summed E-state index contributed by atoms with van der Waals surface area (Å²) in [6.07, 6.45) is 1.37. The highest BCUT2D eigenvalue weighted by Crippen LogP contribution is 2.28. The van der Waals surface area contributed by atoms with Crippen molar-refractivity contribution >= 4 is 40.6 Å². The predicted molar refractivity (Wildman–Crippen MR) is 113 cm³/mol. The summed E-state index contributed by atoms with van der Waals surface area (Å²) < 4.78 is 9.65. The van der Waals surface area contributed by atoms with Gasteiger partial charge in [0.05, 0.1) is 24.8 Å². The zero-order valence-electron chi connectivity index (χ0n) is 16.5. The first kappa shape index (κ1) is 20.6. The van der Waals surface area contributed by atoms with Crippen LogP contribution >= 0.6 is 0 Å². The Balaban J connectivity index is 1.73. The third kappa shape index (κ3) is 4.82. The van der Waals surface area contributed by atoms with Crippen molar-refractivity contribution in [3.63, 3.8) is 0 Å². The molecule has 1 aromatic heterocycles. The molecule has 9 nitrogen and oxygen atoms in total. The van der Waals surface area contributed by atoms with Gasteiger partial charge in [-0.3, -0.25) is 0 Å². The van der Waals surface area contributed by atoms with E-state index in [1.54, 1.807) is 55.5 Å². The van der Waals surface area contributed by atoms with Crippen LogP contribution < -0.4 is 16.4 Å². The second kappa shape index (κ2) is 9.37. The number of esters is 2. The zero-order chi connectivity index (χ0) is 21.5. The molecule has 1 heterocycles. The third-order valence-corrected chi connectivity index (χ3v) is 4.11. The number of aromatic nitrogens is 2. The topological polar surface area (TPSA) is 128 Å². The van der Waals surface area contributed by atoms with Crippen LogP contribution in [0.5, 0.6) is 0 Å². The Morgan fingerprint density at radius 1 is 0.867 bits per heavy atom. The number of nitrogens with two attached hydrogens (primary N) is 1. The van der Waals surface area contributed by atoms with Crippen LogP contribution in [0.4, 0.5) is 28.7 Å².